The summed E-state index contributed by atoms with van der Waals surface area (Å²) in [5, 5.41) is 0. The zero-order chi connectivity index (χ0) is 9.07. The van der Waals surface area contributed by atoms with Gasteiger partial charge < -0.3 is 5.73 Å². The lowest BCUT2D eigenvalue weighted by Crippen LogP contribution is -2.40. The van der Waals surface area contributed by atoms with Crippen molar-refractivity contribution in [1.82, 2.24) is 0 Å². The van der Waals surface area contributed by atoms with E-state index in [4.69, 9.17) is 5.73 Å². The maximum Gasteiger partial charge on any atom is 0.0113 e. The van der Waals surface area contributed by atoms with Crippen LogP contribution in [-0.4, -0.2) is 6.04 Å². The van der Waals surface area contributed by atoms with Crippen LogP contribution in [0.5, 0.6) is 0 Å². The van der Waals surface area contributed by atoms with Gasteiger partial charge in [-0.2, -0.15) is 0 Å². The smallest absolute Gasteiger partial charge is 0.0113 e. The summed E-state index contributed by atoms with van der Waals surface area (Å²) in [4.78, 5) is 0. The van der Waals surface area contributed by atoms with Crippen LogP contribution in [0.2, 0.25) is 0 Å². The van der Waals surface area contributed by atoms with Gasteiger partial charge in [0.15, 0.2) is 0 Å². The standard InChI is InChI=1S/C10H23N/c1-6-7-8(2)9(11)10(3,4)5/h8-9H,6-7,11H2,1-5H3. The van der Waals surface area contributed by atoms with E-state index >= 15 is 0 Å². The third kappa shape index (κ3) is 3.76. The van der Waals surface area contributed by atoms with E-state index in [0.29, 0.717) is 12.0 Å². The van der Waals surface area contributed by atoms with E-state index in [2.05, 4.69) is 34.6 Å². The Morgan fingerprint density at radius 1 is 1.27 bits per heavy atom. The molecule has 0 aliphatic heterocycles. The average molecular weight is 157 g/mol. The molecule has 68 valence electrons. The van der Waals surface area contributed by atoms with Gasteiger partial charge >= 0.3 is 0 Å². The van der Waals surface area contributed by atoms with Gasteiger partial charge in [0, 0.05) is 6.04 Å². The zero-order valence-corrected chi connectivity index (χ0v) is 8.65. The molecule has 0 aromatic rings. The van der Waals surface area contributed by atoms with Gasteiger partial charge in [-0.25, -0.2) is 0 Å². The Kier molecular flexibility index (Phi) is 4.09. The van der Waals surface area contributed by atoms with Gasteiger partial charge in [-0.15, -0.1) is 0 Å². The molecule has 0 aliphatic rings. The van der Waals surface area contributed by atoms with Crippen LogP contribution in [0.4, 0.5) is 0 Å². The van der Waals surface area contributed by atoms with Crippen LogP contribution < -0.4 is 5.73 Å². The highest BCUT2D eigenvalue weighted by Gasteiger charge is 2.24. The Labute approximate surface area is 71.4 Å². The van der Waals surface area contributed by atoms with Crippen LogP contribution >= 0.6 is 0 Å². The summed E-state index contributed by atoms with van der Waals surface area (Å²) >= 11 is 0. The molecule has 0 aromatic heterocycles. The minimum absolute atomic E-state index is 0.259. The highest BCUT2D eigenvalue weighted by molar-refractivity contribution is 4.81. The third-order valence-electron chi connectivity index (χ3n) is 2.36. The minimum Gasteiger partial charge on any atom is -0.327 e. The summed E-state index contributed by atoms with van der Waals surface area (Å²) in [5.41, 5.74) is 6.34. The molecule has 2 unspecified atom stereocenters. The quantitative estimate of drug-likeness (QED) is 0.670. The summed E-state index contributed by atoms with van der Waals surface area (Å²) < 4.78 is 0. The van der Waals surface area contributed by atoms with E-state index in [1.54, 1.807) is 0 Å². The first-order valence-corrected chi connectivity index (χ1v) is 4.65. The minimum atomic E-state index is 0.259. The summed E-state index contributed by atoms with van der Waals surface area (Å²) in [6.07, 6.45) is 2.49. The van der Waals surface area contributed by atoms with E-state index in [-0.39, 0.29) is 5.41 Å². The molecule has 0 aliphatic carbocycles. The molecule has 2 atom stereocenters. The van der Waals surface area contributed by atoms with E-state index in [9.17, 15) is 0 Å². The zero-order valence-electron chi connectivity index (χ0n) is 8.65. The number of hydrogen-bond donors (Lipinski definition) is 1. The van der Waals surface area contributed by atoms with Gasteiger partial charge in [-0.05, 0) is 17.8 Å². The average Bonchev–Trinajstić information content (AvgIpc) is 1.85. The SMILES string of the molecule is CCCC(C)C(N)C(C)(C)C. The van der Waals surface area contributed by atoms with Crippen molar-refractivity contribution in [3.05, 3.63) is 0 Å². The maximum absolute atomic E-state index is 6.08. The molecular weight excluding hydrogens is 134 g/mol. The molecule has 0 spiro atoms. The lowest BCUT2D eigenvalue weighted by Gasteiger charge is -2.32. The molecule has 2 N–H and O–H groups in total. The summed E-state index contributed by atoms with van der Waals surface area (Å²) in [7, 11) is 0. The second kappa shape index (κ2) is 4.10. The molecule has 1 nitrogen and oxygen atoms in total. The van der Waals surface area contributed by atoms with Gasteiger partial charge in [0.25, 0.3) is 0 Å². The first-order valence-electron chi connectivity index (χ1n) is 4.65. The van der Waals surface area contributed by atoms with E-state index in [0.717, 1.165) is 0 Å². The normalized spacial score (nSPS) is 18.0. The molecule has 0 amide bonds. The summed E-state index contributed by atoms with van der Waals surface area (Å²) in [5.74, 6) is 0.653. The third-order valence-corrected chi connectivity index (χ3v) is 2.36. The Hall–Kier alpha value is -0.0400. The fourth-order valence-electron chi connectivity index (χ4n) is 1.49. The lowest BCUT2D eigenvalue weighted by molar-refractivity contribution is 0.239. The van der Waals surface area contributed by atoms with Crippen molar-refractivity contribution in [2.45, 2.75) is 53.5 Å². The number of rotatable bonds is 3. The monoisotopic (exact) mass is 157 g/mol. The topological polar surface area (TPSA) is 26.0 Å². The molecule has 0 heterocycles. The van der Waals surface area contributed by atoms with Crippen LogP contribution in [0.1, 0.15) is 47.5 Å². The van der Waals surface area contributed by atoms with Gasteiger partial charge in [-0.1, -0.05) is 41.0 Å². The van der Waals surface area contributed by atoms with E-state index < -0.39 is 0 Å². The number of hydrogen-bond acceptors (Lipinski definition) is 1. The van der Waals surface area contributed by atoms with Crippen LogP contribution in [-0.2, 0) is 0 Å². The Bertz CT molecular complexity index is 102. The lowest BCUT2D eigenvalue weighted by atomic mass is 9.79. The van der Waals surface area contributed by atoms with Crippen LogP contribution in [0.25, 0.3) is 0 Å². The fourth-order valence-corrected chi connectivity index (χ4v) is 1.49. The molecule has 0 saturated carbocycles. The highest BCUT2D eigenvalue weighted by Crippen LogP contribution is 2.25. The van der Waals surface area contributed by atoms with Crippen molar-refractivity contribution in [2.75, 3.05) is 0 Å². The molecule has 0 bridgehead atoms. The maximum atomic E-state index is 6.08. The van der Waals surface area contributed by atoms with Crippen molar-refractivity contribution < 1.29 is 0 Å². The first-order chi connectivity index (χ1) is 4.89. The fraction of sp³-hybridized carbons (Fsp3) is 1.00. The van der Waals surface area contributed by atoms with Gasteiger partial charge in [-0.3, -0.25) is 0 Å². The van der Waals surface area contributed by atoms with Crippen LogP contribution in [0, 0.1) is 11.3 Å². The molecule has 0 aromatic carbocycles. The molecule has 0 fully saturated rings. The second-order valence-electron chi connectivity index (χ2n) is 4.66. The van der Waals surface area contributed by atoms with E-state index in [1.807, 2.05) is 0 Å². The summed E-state index contributed by atoms with van der Waals surface area (Å²) in [6.45, 7) is 11.1. The van der Waals surface area contributed by atoms with Gasteiger partial charge in [0.2, 0.25) is 0 Å². The van der Waals surface area contributed by atoms with Crippen molar-refractivity contribution >= 4 is 0 Å². The summed E-state index contributed by atoms with van der Waals surface area (Å²) in [6, 6.07) is 0.336. The Balaban J connectivity index is 3.91. The van der Waals surface area contributed by atoms with Crippen molar-refractivity contribution in [1.29, 1.82) is 0 Å². The van der Waals surface area contributed by atoms with Crippen molar-refractivity contribution in [2.24, 2.45) is 17.1 Å². The van der Waals surface area contributed by atoms with Crippen LogP contribution in [0.15, 0.2) is 0 Å². The Morgan fingerprint density at radius 2 is 1.73 bits per heavy atom. The predicted octanol–water partition coefficient (Wildman–Crippen LogP) is 2.80. The van der Waals surface area contributed by atoms with Crippen molar-refractivity contribution in [3.8, 4) is 0 Å². The number of nitrogens with two attached hydrogens (primary N) is 1. The molecular formula is C10H23N. The molecule has 11 heavy (non-hydrogen) atoms. The second-order valence-corrected chi connectivity index (χ2v) is 4.66. The Morgan fingerprint density at radius 3 is 2.00 bits per heavy atom. The molecule has 0 rings (SSSR count). The van der Waals surface area contributed by atoms with E-state index in [1.165, 1.54) is 12.8 Å². The predicted molar refractivity (Wildman–Crippen MR) is 51.5 cm³/mol. The molecule has 1 heteroatoms. The van der Waals surface area contributed by atoms with Crippen molar-refractivity contribution in [3.63, 3.8) is 0 Å². The first kappa shape index (κ1) is 11.0. The van der Waals surface area contributed by atoms with Gasteiger partial charge in [0.1, 0.15) is 0 Å². The molecule has 0 saturated heterocycles. The largest absolute Gasteiger partial charge is 0.327 e. The van der Waals surface area contributed by atoms with Gasteiger partial charge in [0.05, 0.1) is 0 Å². The highest BCUT2D eigenvalue weighted by atomic mass is 14.7. The molecule has 0 radical (unpaired) electrons. The van der Waals surface area contributed by atoms with Crippen LogP contribution in [0.3, 0.4) is 0 Å².